The van der Waals surface area contributed by atoms with Gasteiger partial charge < -0.3 is 9.80 Å². The molecule has 1 saturated heterocycles. The maximum atomic E-state index is 12.4. The van der Waals surface area contributed by atoms with Crippen LogP contribution in [0.2, 0.25) is 0 Å². The summed E-state index contributed by atoms with van der Waals surface area (Å²) in [6, 6.07) is 8.58. The lowest BCUT2D eigenvalue weighted by molar-refractivity contribution is -0.134. The summed E-state index contributed by atoms with van der Waals surface area (Å²) in [5.41, 5.74) is 2.54. The van der Waals surface area contributed by atoms with E-state index < -0.39 is 0 Å². The lowest BCUT2D eigenvalue weighted by Gasteiger charge is -2.41. The van der Waals surface area contributed by atoms with Crippen molar-refractivity contribution in [2.75, 3.05) is 24.5 Å². The van der Waals surface area contributed by atoms with Crippen LogP contribution < -0.4 is 4.90 Å². The van der Waals surface area contributed by atoms with E-state index in [1.807, 2.05) is 4.90 Å². The first-order valence-corrected chi connectivity index (χ1v) is 7.57. The third-order valence-corrected chi connectivity index (χ3v) is 4.17. The largest absolute Gasteiger partial charge is 0.367 e. The molecular weight excluding hydrogens is 278 g/mol. The molecular formula is C16H21N5O. The molecule has 0 radical (unpaired) electrons. The summed E-state index contributed by atoms with van der Waals surface area (Å²) in [5, 5.41) is 4.00. The number of amides is 1. The predicted molar refractivity (Wildman–Crippen MR) is 84.6 cm³/mol. The fourth-order valence-electron chi connectivity index (χ4n) is 3.01. The van der Waals surface area contributed by atoms with Gasteiger partial charge >= 0.3 is 0 Å². The van der Waals surface area contributed by atoms with Gasteiger partial charge in [0.25, 0.3) is 0 Å². The lowest BCUT2D eigenvalue weighted by atomic mass is 10.1. The molecule has 2 aromatic rings. The molecule has 6 nitrogen and oxygen atoms in total. The highest BCUT2D eigenvalue weighted by Crippen LogP contribution is 2.22. The average molecular weight is 299 g/mol. The van der Waals surface area contributed by atoms with E-state index >= 15 is 0 Å². The van der Waals surface area contributed by atoms with Gasteiger partial charge in [-0.15, -0.1) is 0 Å². The number of para-hydroxylation sites is 1. The number of carbonyl (C=O) groups is 1. The number of hydrogen-bond donors (Lipinski definition) is 0. The first-order valence-electron chi connectivity index (χ1n) is 7.57. The Morgan fingerprint density at radius 1 is 1.32 bits per heavy atom. The standard InChI is InChI=1S/C16H21N5O/c1-13-5-3-4-6-15(13)19-7-8-21(14(2)9-19)16(22)10-20-12-17-11-18-20/h3-6,11-12,14H,7-10H2,1-2H3/t14-/m0/s1. The predicted octanol–water partition coefficient (Wildman–Crippen LogP) is 1.32. The van der Waals surface area contributed by atoms with Gasteiger partial charge in [-0.2, -0.15) is 5.10 Å². The normalized spacial score (nSPS) is 18.5. The van der Waals surface area contributed by atoms with Crippen molar-refractivity contribution in [1.82, 2.24) is 19.7 Å². The molecule has 1 aliphatic rings. The van der Waals surface area contributed by atoms with Gasteiger partial charge in [-0.05, 0) is 25.5 Å². The van der Waals surface area contributed by atoms with Gasteiger partial charge in [0.05, 0.1) is 0 Å². The number of hydrogen-bond acceptors (Lipinski definition) is 4. The Balaban J connectivity index is 1.65. The fourth-order valence-corrected chi connectivity index (χ4v) is 3.01. The van der Waals surface area contributed by atoms with E-state index in [2.05, 4.69) is 53.1 Å². The summed E-state index contributed by atoms with van der Waals surface area (Å²) in [7, 11) is 0. The number of nitrogens with zero attached hydrogens (tertiary/aromatic N) is 5. The molecule has 0 aliphatic carbocycles. The lowest BCUT2D eigenvalue weighted by Crippen LogP contribution is -2.55. The molecule has 0 unspecified atom stereocenters. The van der Waals surface area contributed by atoms with Crippen molar-refractivity contribution < 1.29 is 4.79 Å². The van der Waals surface area contributed by atoms with E-state index in [1.54, 1.807) is 11.0 Å². The van der Waals surface area contributed by atoms with Crippen LogP contribution in [0.25, 0.3) is 0 Å². The van der Waals surface area contributed by atoms with Crippen LogP contribution in [0.15, 0.2) is 36.9 Å². The zero-order chi connectivity index (χ0) is 15.5. The van der Waals surface area contributed by atoms with Crippen molar-refractivity contribution >= 4 is 11.6 Å². The van der Waals surface area contributed by atoms with Crippen LogP contribution in [0.5, 0.6) is 0 Å². The third kappa shape index (κ3) is 2.95. The number of benzene rings is 1. The minimum absolute atomic E-state index is 0.0995. The molecule has 0 bridgehead atoms. The SMILES string of the molecule is Cc1ccccc1N1CCN(C(=O)Cn2cncn2)[C@@H](C)C1. The van der Waals surface area contributed by atoms with E-state index in [0.717, 1.165) is 19.6 Å². The Morgan fingerprint density at radius 3 is 2.82 bits per heavy atom. The van der Waals surface area contributed by atoms with E-state index in [-0.39, 0.29) is 18.5 Å². The van der Waals surface area contributed by atoms with E-state index in [0.29, 0.717) is 0 Å². The van der Waals surface area contributed by atoms with Gasteiger partial charge in [0.1, 0.15) is 19.2 Å². The second kappa shape index (κ2) is 6.17. The number of anilines is 1. The Labute approximate surface area is 130 Å². The number of aromatic nitrogens is 3. The molecule has 0 spiro atoms. The van der Waals surface area contributed by atoms with Crippen LogP contribution >= 0.6 is 0 Å². The van der Waals surface area contributed by atoms with Gasteiger partial charge in [-0.1, -0.05) is 18.2 Å². The van der Waals surface area contributed by atoms with Crippen molar-refractivity contribution in [2.24, 2.45) is 0 Å². The number of carbonyl (C=O) groups excluding carboxylic acids is 1. The molecule has 1 aromatic heterocycles. The molecule has 1 fully saturated rings. The van der Waals surface area contributed by atoms with Crippen LogP contribution in [0, 0.1) is 6.92 Å². The molecule has 1 aliphatic heterocycles. The van der Waals surface area contributed by atoms with Crippen molar-refractivity contribution in [3.8, 4) is 0 Å². The molecule has 3 rings (SSSR count). The molecule has 116 valence electrons. The summed E-state index contributed by atoms with van der Waals surface area (Å²) in [6.45, 7) is 6.94. The zero-order valence-electron chi connectivity index (χ0n) is 13.0. The maximum Gasteiger partial charge on any atom is 0.244 e. The van der Waals surface area contributed by atoms with Crippen LogP contribution in [0.4, 0.5) is 5.69 Å². The monoisotopic (exact) mass is 299 g/mol. The van der Waals surface area contributed by atoms with Gasteiger partial charge in [-0.3, -0.25) is 4.79 Å². The average Bonchev–Trinajstić information content (AvgIpc) is 3.00. The summed E-state index contributed by atoms with van der Waals surface area (Å²) in [4.78, 5) is 20.6. The number of rotatable bonds is 3. The Kier molecular flexibility index (Phi) is 4.09. The topological polar surface area (TPSA) is 54.3 Å². The first-order chi connectivity index (χ1) is 10.6. The molecule has 0 saturated carbocycles. The van der Waals surface area contributed by atoms with E-state index in [1.165, 1.54) is 17.6 Å². The quantitative estimate of drug-likeness (QED) is 0.858. The molecule has 1 amide bonds. The Morgan fingerprint density at radius 2 is 2.14 bits per heavy atom. The van der Waals surface area contributed by atoms with Gasteiger partial charge in [-0.25, -0.2) is 9.67 Å². The summed E-state index contributed by atoms with van der Waals surface area (Å²) >= 11 is 0. The molecule has 1 aromatic carbocycles. The number of piperazine rings is 1. The third-order valence-electron chi connectivity index (χ3n) is 4.17. The van der Waals surface area contributed by atoms with Gasteiger partial charge in [0, 0.05) is 31.4 Å². The second-order valence-electron chi connectivity index (χ2n) is 5.76. The number of aryl methyl sites for hydroxylation is 1. The zero-order valence-corrected chi connectivity index (χ0v) is 13.0. The minimum atomic E-state index is 0.0995. The van der Waals surface area contributed by atoms with Crippen LogP contribution in [-0.2, 0) is 11.3 Å². The molecule has 2 heterocycles. The van der Waals surface area contributed by atoms with Gasteiger partial charge in [0.15, 0.2) is 0 Å². The van der Waals surface area contributed by atoms with Crippen molar-refractivity contribution in [2.45, 2.75) is 26.4 Å². The highest BCUT2D eigenvalue weighted by atomic mass is 16.2. The highest BCUT2D eigenvalue weighted by Gasteiger charge is 2.28. The molecule has 6 heteroatoms. The Bertz CT molecular complexity index is 640. The van der Waals surface area contributed by atoms with Gasteiger partial charge in [0.2, 0.25) is 5.91 Å². The van der Waals surface area contributed by atoms with Crippen molar-refractivity contribution in [3.63, 3.8) is 0 Å². The fraction of sp³-hybridized carbons (Fsp3) is 0.438. The van der Waals surface area contributed by atoms with Crippen molar-refractivity contribution in [1.29, 1.82) is 0 Å². The van der Waals surface area contributed by atoms with Crippen molar-refractivity contribution in [3.05, 3.63) is 42.5 Å². The second-order valence-corrected chi connectivity index (χ2v) is 5.76. The summed E-state index contributed by atoms with van der Waals surface area (Å²) in [6.07, 6.45) is 3.03. The minimum Gasteiger partial charge on any atom is -0.367 e. The maximum absolute atomic E-state index is 12.4. The van der Waals surface area contributed by atoms with Crippen LogP contribution in [0.1, 0.15) is 12.5 Å². The Hall–Kier alpha value is -2.37. The van der Waals surface area contributed by atoms with Crippen LogP contribution in [-0.4, -0.2) is 51.2 Å². The van der Waals surface area contributed by atoms with E-state index in [9.17, 15) is 4.79 Å². The van der Waals surface area contributed by atoms with E-state index in [4.69, 9.17) is 0 Å². The first kappa shape index (κ1) is 14.6. The summed E-state index contributed by atoms with van der Waals surface area (Å²) < 4.78 is 1.57. The van der Waals surface area contributed by atoms with Crippen LogP contribution in [0.3, 0.4) is 0 Å². The highest BCUT2D eigenvalue weighted by molar-refractivity contribution is 5.76. The summed E-state index contributed by atoms with van der Waals surface area (Å²) in [5.74, 6) is 0.0995. The molecule has 22 heavy (non-hydrogen) atoms. The molecule has 0 N–H and O–H groups in total. The molecule has 1 atom stereocenters. The smallest absolute Gasteiger partial charge is 0.244 e.